The number of halogens is 3. The quantitative estimate of drug-likeness (QED) is 0.247. The first-order chi connectivity index (χ1) is 17.5. The van der Waals surface area contributed by atoms with Gasteiger partial charge in [-0.25, -0.2) is 9.59 Å². The third-order valence-electron chi connectivity index (χ3n) is 5.17. The van der Waals surface area contributed by atoms with Crippen molar-refractivity contribution in [1.82, 2.24) is 10.6 Å². The number of carbonyl (C=O) groups is 4. The number of nitrogens with one attached hydrogen (secondary N) is 2. The summed E-state index contributed by atoms with van der Waals surface area (Å²) in [4.78, 5) is 46.8. The van der Waals surface area contributed by atoms with Gasteiger partial charge in [-0.05, 0) is 30.2 Å². The van der Waals surface area contributed by atoms with Gasteiger partial charge in [-0.1, -0.05) is 65.0 Å². The second-order valence-electron chi connectivity index (χ2n) is 9.33. The molecule has 0 fully saturated rings. The van der Waals surface area contributed by atoms with E-state index in [-0.39, 0.29) is 18.4 Å². The minimum absolute atomic E-state index is 0.0931. The molecule has 2 amide bonds. The molecule has 216 valence electrons. The fraction of sp³-hybridized carbons (Fsp3) is 0.600. The molecule has 10 nitrogen and oxygen atoms in total. The van der Waals surface area contributed by atoms with Crippen LogP contribution in [0.25, 0.3) is 0 Å². The number of esters is 1. The van der Waals surface area contributed by atoms with Gasteiger partial charge in [0.15, 0.2) is 0 Å². The van der Waals surface area contributed by atoms with Crippen LogP contribution in [0, 0.1) is 11.8 Å². The Morgan fingerprint density at radius 1 is 1.00 bits per heavy atom. The Morgan fingerprint density at radius 2 is 1.53 bits per heavy atom. The highest BCUT2D eigenvalue weighted by atomic mass is 19.4. The van der Waals surface area contributed by atoms with Crippen molar-refractivity contribution in [2.75, 3.05) is 0 Å². The summed E-state index contributed by atoms with van der Waals surface area (Å²) in [7, 11) is 0. The normalized spacial score (nSPS) is 14.4. The molecular weight excluding hydrogens is 511 g/mol. The van der Waals surface area contributed by atoms with Crippen LogP contribution < -0.4 is 16.4 Å². The maximum absolute atomic E-state index is 12.9. The number of rotatable bonds is 12. The predicted octanol–water partition coefficient (Wildman–Crippen LogP) is 2.13. The molecule has 0 spiro atoms. The largest absolute Gasteiger partial charge is 0.490 e. The van der Waals surface area contributed by atoms with Crippen molar-refractivity contribution in [2.24, 2.45) is 17.6 Å². The summed E-state index contributed by atoms with van der Waals surface area (Å²) >= 11 is 0. The number of amides is 2. The number of carboxylic acids is 1. The third-order valence-corrected chi connectivity index (χ3v) is 5.17. The molecule has 6 N–H and O–H groups in total. The van der Waals surface area contributed by atoms with Crippen molar-refractivity contribution in [3.8, 4) is 0 Å². The molecule has 1 aromatic carbocycles. The molecule has 0 saturated carbocycles. The van der Waals surface area contributed by atoms with Crippen molar-refractivity contribution >= 4 is 23.8 Å². The lowest BCUT2D eigenvalue weighted by atomic mass is 9.99. The standard InChI is InChI=1S/C23H37N3O5.C2HF3O2/c1-6-17(24)20(27)22(29)25-18(12-14(2)3)21(28)26-19(15(4)5)23(30)31-13-16-10-8-7-9-11-16;3-2(4,5)1(6)7/h7-11,14-15,17-20,27H,6,12-13,24H2,1-5H3,(H,25,29)(H,26,28);(H,6,7)/t17-,18+,19-,20?;/m0./s1. The molecule has 13 heteroatoms. The Balaban J connectivity index is 0.00000171. The summed E-state index contributed by atoms with van der Waals surface area (Å²) in [5.41, 5.74) is 6.58. The van der Waals surface area contributed by atoms with Gasteiger partial charge in [0, 0.05) is 6.04 Å². The van der Waals surface area contributed by atoms with Crippen molar-refractivity contribution in [3.05, 3.63) is 35.9 Å². The summed E-state index contributed by atoms with van der Waals surface area (Å²) in [6, 6.07) is 6.76. The third kappa shape index (κ3) is 13.4. The second kappa shape index (κ2) is 16.6. The van der Waals surface area contributed by atoms with Crippen LogP contribution in [0.15, 0.2) is 30.3 Å². The predicted molar refractivity (Wildman–Crippen MR) is 132 cm³/mol. The van der Waals surface area contributed by atoms with Gasteiger partial charge in [-0.15, -0.1) is 0 Å². The lowest BCUT2D eigenvalue weighted by molar-refractivity contribution is -0.192. The zero-order valence-electron chi connectivity index (χ0n) is 22.1. The summed E-state index contributed by atoms with van der Waals surface area (Å²) < 4.78 is 37.1. The van der Waals surface area contributed by atoms with Crippen molar-refractivity contribution in [3.63, 3.8) is 0 Å². The van der Waals surface area contributed by atoms with Crippen LogP contribution in [0.3, 0.4) is 0 Å². The molecule has 0 bridgehead atoms. The van der Waals surface area contributed by atoms with E-state index in [1.54, 1.807) is 20.8 Å². The van der Waals surface area contributed by atoms with E-state index in [2.05, 4.69) is 10.6 Å². The maximum Gasteiger partial charge on any atom is 0.490 e. The van der Waals surface area contributed by atoms with Crippen molar-refractivity contribution in [2.45, 2.75) is 84.5 Å². The Morgan fingerprint density at radius 3 is 1.95 bits per heavy atom. The molecule has 1 aromatic rings. The highest BCUT2D eigenvalue weighted by molar-refractivity contribution is 5.92. The summed E-state index contributed by atoms with van der Waals surface area (Å²) in [6.07, 6.45) is -5.74. The molecule has 0 radical (unpaired) electrons. The van der Waals surface area contributed by atoms with Crippen molar-refractivity contribution < 1.29 is 47.3 Å². The van der Waals surface area contributed by atoms with Gasteiger partial charge in [-0.2, -0.15) is 13.2 Å². The molecule has 1 rings (SSSR count). The van der Waals surface area contributed by atoms with E-state index in [0.717, 1.165) is 5.56 Å². The minimum Gasteiger partial charge on any atom is -0.475 e. The second-order valence-corrected chi connectivity index (χ2v) is 9.33. The summed E-state index contributed by atoms with van der Waals surface area (Å²) in [5, 5.41) is 22.4. The number of alkyl halides is 3. The van der Waals surface area contributed by atoms with E-state index >= 15 is 0 Å². The molecule has 0 saturated heterocycles. The minimum atomic E-state index is -5.08. The number of aliphatic carboxylic acids is 1. The number of carbonyl (C=O) groups excluding carboxylic acids is 3. The van der Waals surface area contributed by atoms with E-state index in [1.807, 2.05) is 44.2 Å². The van der Waals surface area contributed by atoms with Gasteiger partial charge in [-0.3, -0.25) is 9.59 Å². The Hall–Kier alpha value is -3.19. The van der Waals surface area contributed by atoms with E-state index in [4.69, 9.17) is 20.4 Å². The average molecular weight is 550 g/mol. The number of aliphatic hydroxyl groups is 1. The monoisotopic (exact) mass is 549 g/mol. The number of nitrogens with two attached hydrogens (primary N) is 1. The Kier molecular flexibility index (Phi) is 15.2. The number of ether oxygens (including phenoxy) is 1. The topological polar surface area (TPSA) is 168 Å². The van der Waals surface area contributed by atoms with E-state index < -0.39 is 54.2 Å². The Labute approximate surface area is 220 Å². The van der Waals surface area contributed by atoms with Gasteiger partial charge in [0.2, 0.25) is 5.91 Å². The zero-order chi connectivity index (χ0) is 29.6. The van der Waals surface area contributed by atoms with Crippen molar-refractivity contribution in [1.29, 1.82) is 0 Å². The van der Waals surface area contributed by atoms with Crippen LogP contribution in [0.4, 0.5) is 13.2 Å². The van der Waals surface area contributed by atoms with Crippen LogP contribution in [0.1, 0.15) is 53.0 Å². The van der Waals surface area contributed by atoms with E-state index in [0.29, 0.717) is 12.8 Å². The number of hydrogen-bond donors (Lipinski definition) is 5. The SMILES string of the molecule is CC[C@H](N)C(O)C(=O)N[C@H](CC(C)C)C(=O)N[C@H](C(=O)OCc1ccccc1)C(C)C.O=C(O)C(F)(F)F. The van der Waals surface area contributed by atoms with Crippen LogP contribution in [0.2, 0.25) is 0 Å². The molecular formula is C25H38F3N3O7. The van der Waals surface area contributed by atoms with Crippen LogP contribution in [0.5, 0.6) is 0 Å². The molecule has 0 heterocycles. The van der Waals surface area contributed by atoms with Crippen LogP contribution >= 0.6 is 0 Å². The first-order valence-corrected chi connectivity index (χ1v) is 12.1. The molecule has 1 unspecified atom stereocenters. The van der Waals surface area contributed by atoms with Gasteiger partial charge >= 0.3 is 18.1 Å². The van der Waals surface area contributed by atoms with Gasteiger partial charge < -0.3 is 31.3 Å². The van der Waals surface area contributed by atoms with Gasteiger partial charge in [0.1, 0.15) is 24.8 Å². The summed E-state index contributed by atoms with van der Waals surface area (Å²) in [6.45, 7) is 9.28. The first-order valence-electron chi connectivity index (χ1n) is 12.1. The molecule has 0 aliphatic rings. The average Bonchev–Trinajstić information content (AvgIpc) is 2.84. The van der Waals surface area contributed by atoms with Crippen LogP contribution in [-0.2, 0) is 30.5 Å². The number of benzene rings is 1. The maximum atomic E-state index is 12.9. The fourth-order valence-electron chi connectivity index (χ4n) is 2.95. The lowest BCUT2D eigenvalue weighted by Gasteiger charge is -2.27. The van der Waals surface area contributed by atoms with E-state index in [9.17, 15) is 32.7 Å². The molecule has 0 aromatic heterocycles. The fourth-order valence-corrected chi connectivity index (χ4v) is 2.95. The highest BCUT2D eigenvalue weighted by Gasteiger charge is 2.38. The molecule has 0 aliphatic carbocycles. The lowest BCUT2D eigenvalue weighted by Crippen LogP contribution is -2.56. The van der Waals surface area contributed by atoms with E-state index in [1.165, 1.54) is 0 Å². The summed E-state index contributed by atoms with van der Waals surface area (Å²) in [5.74, 6) is -4.64. The molecule has 38 heavy (non-hydrogen) atoms. The highest BCUT2D eigenvalue weighted by Crippen LogP contribution is 2.13. The van der Waals surface area contributed by atoms with Gasteiger partial charge in [0.25, 0.3) is 5.91 Å². The smallest absolute Gasteiger partial charge is 0.475 e. The number of aliphatic hydroxyl groups excluding tert-OH is 1. The van der Waals surface area contributed by atoms with Crippen LogP contribution in [-0.4, -0.2) is 64.4 Å². The molecule has 4 atom stereocenters. The van der Waals surface area contributed by atoms with Gasteiger partial charge in [0.05, 0.1) is 0 Å². The molecule has 0 aliphatic heterocycles. The first kappa shape index (κ1) is 34.8. The number of carboxylic acid groups (broad SMARTS) is 1. The Bertz CT molecular complexity index is 896. The number of hydrogen-bond acceptors (Lipinski definition) is 7. The zero-order valence-corrected chi connectivity index (χ0v) is 22.1.